The minimum Gasteiger partial charge on any atom is -0.0683 e. The molecule has 0 nitrogen and oxygen atoms in total. The van der Waals surface area contributed by atoms with Crippen molar-refractivity contribution < 1.29 is 0 Å². The van der Waals surface area contributed by atoms with E-state index in [1.807, 2.05) is 55.4 Å². The van der Waals surface area contributed by atoms with E-state index >= 15 is 0 Å². The normalized spacial score (nSPS) is 18.2. The minimum atomic E-state index is -0.185. The summed E-state index contributed by atoms with van der Waals surface area (Å²) >= 11 is 0. The predicted octanol–water partition coefficient (Wildman–Crippen LogP) is 12.1. The molecule has 4 aromatic carbocycles. The first-order chi connectivity index (χ1) is 19.3. The molecule has 0 saturated heterocycles. The fourth-order valence-corrected chi connectivity index (χ4v) is 6.35. The Balaban J connectivity index is 0.000000921. The number of benzene rings is 4. The van der Waals surface area contributed by atoms with E-state index in [1.54, 1.807) is 0 Å². The molecule has 0 heteroatoms. The van der Waals surface area contributed by atoms with E-state index in [4.69, 9.17) is 0 Å². The molecule has 4 aromatic rings. The van der Waals surface area contributed by atoms with Gasteiger partial charge in [-0.1, -0.05) is 170 Å². The molecular formula is C40H56. The first-order valence-electron chi connectivity index (χ1n) is 15.7. The maximum Gasteiger partial charge on any atom is 0.0468 e. The molecule has 0 fully saturated rings. The lowest BCUT2D eigenvalue weighted by Crippen LogP contribution is -2.31. The quantitative estimate of drug-likeness (QED) is 0.244. The zero-order valence-corrected chi connectivity index (χ0v) is 27.9. The van der Waals surface area contributed by atoms with Crippen LogP contribution in [0.3, 0.4) is 0 Å². The van der Waals surface area contributed by atoms with Crippen LogP contribution >= 0.6 is 0 Å². The van der Waals surface area contributed by atoms with Crippen molar-refractivity contribution in [1.82, 2.24) is 0 Å². The lowest BCUT2D eigenvalue weighted by atomic mass is 9.66. The first kappa shape index (κ1) is 34.9. The van der Waals surface area contributed by atoms with Crippen molar-refractivity contribution in [3.8, 4) is 0 Å². The molecular weight excluding hydrogens is 480 g/mol. The van der Waals surface area contributed by atoms with Gasteiger partial charge in [-0.2, -0.15) is 0 Å². The molecule has 0 saturated carbocycles. The summed E-state index contributed by atoms with van der Waals surface area (Å²) in [7, 11) is 0. The van der Waals surface area contributed by atoms with E-state index in [-0.39, 0.29) is 10.8 Å². The zero-order chi connectivity index (χ0) is 30.5. The van der Waals surface area contributed by atoms with Crippen molar-refractivity contribution in [2.24, 2.45) is 0 Å². The molecule has 0 radical (unpaired) electrons. The summed E-state index contributed by atoms with van der Waals surface area (Å²) < 4.78 is 0. The van der Waals surface area contributed by atoms with Crippen LogP contribution in [0.5, 0.6) is 0 Å². The number of rotatable bonds is 3. The number of hydrogen-bond acceptors (Lipinski definition) is 0. The van der Waals surface area contributed by atoms with Gasteiger partial charge in [0.25, 0.3) is 0 Å². The summed E-state index contributed by atoms with van der Waals surface area (Å²) in [6, 6.07) is 34.2. The van der Waals surface area contributed by atoms with E-state index in [1.165, 1.54) is 50.1 Å². The second-order valence-electron chi connectivity index (χ2n) is 10.0. The molecule has 2 atom stereocenters. The molecule has 2 unspecified atom stereocenters. The van der Waals surface area contributed by atoms with Crippen molar-refractivity contribution in [1.29, 1.82) is 0 Å². The summed E-state index contributed by atoms with van der Waals surface area (Å²) in [5, 5.41) is 0. The molecule has 0 aliphatic heterocycles. The monoisotopic (exact) mass is 536 g/mol. The second kappa shape index (κ2) is 16.2. The number of hydrogen-bond donors (Lipinski definition) is 0. The van der Waals surface area contributed by atoms with Crippen LogP contribution < -0.4 is 0 Å². The topological polar surface area (TPSA) is 0 Å². The Kier molecular flexibility index (Phi) is 14.2. The Morgan fingerprint density at radius 2 is 0.900 bits per heavy atom. The molecule has 0 spiro atoms. The van der Waals surface area contributed by atoms with Gasteiger partial charge in [0, 0.05) is 10.8 Å². The molecule has 0 aromatic heterocycles. The van der Waals surface area contributed by atoms with E-state index in [0.717, 1.165) is 6.42 Å². The Morgan fingerprint density at radius 1 is 0.475 bits per heavy atom. The van der Waals surface area contributed by atoms with Crippen molar-refractivity contribution in [2.75, 3.05) is 0 Å². The Morgan fingerprint density at radius 3 is 1.38 bits per heavy atom. The highest BCUT2D eigenvalue weighted by atomic mass is 14.5. The molecule has 1 aliphatic carbocycles. The molecule has 0 heterocycles. The van der Waals surface area contributed by atoms with Gasteiger partial charge >= 0.3 is 0 Å². The highest BCUT2D eigenvalue weighted by Crippen LogP contribution is 2.59. The average Bonchev–Trinajstić information content (AvgIpc) is 3.28. The smallest absolute Gasteiger partial charge is 0.0468 e. The van der Waals surface area contributed by atoms with Crippen LogP contribution in [-0.4, -0.2) is 0 Å². The van der Waals surface area contributed by atoms with Crippen molar-refractivity contribution in [2.45, 2.75) is 107 Å². The van der Waals surface area contributed by atoms with Crippen LogP contribution in [0.25, 0.3) is 0 Å². The summed E-state index contributed by atoms with van der Waals surface area (Å²) in [4.78, 5) is 0. The van der Waals surface area contributed by atoms with Gasteiger partial charge in [0.1, 0.15) is 0 Å². The third-order valence-corrected chi connectivity index (χ3v) is 7.51. The van der Waals surface area contributed by atoms with Crippen LogP contribution in [0, 0.1) is 27.7 Å². The standard InChI is InChI=1S/C32H32.4C2H6/c1-22-16-23(2)19-28(18-22)32(27-14-10-7-11-15-27)21-31(5,26-12-8-6-9-13-26)29-20-24(3)17-25(4)30(29)32;4*1-2/h6-20H,21H2,1-5H3;4*1-2H3. The fourth-order valence-electron chi connectivity index (χ4n) is 6.35. The van der Waals surface area contributed by atoms with Gasteiger partial charge in [0.15, 0.2) is 0 Å². The van der Waals surface area contributed by atoms with Gasteiger partial charge in [-0.3, -0.25) is 0 Å². The molecule has 1 aliphatic rings. The molecule has 5 rings (SSSR count). The Hall–Kier alpha value is -3.12. The van der Waals surface area contributed by atoms with Crippen molar-refractivity contribution in [3.63, 3.8) is 0 Å². The largest absolute Gasteiger partial charge is 0.0683 e. The molecule has 40 heavy (non-hydrogen) atoms. The third kappa shape index (κ3) is 6.77. The number of fused-ring (bicyclic) bond motifs is 1. The highest BCUT2D eigenvalue weighted by Gasteiger charge is 2.53. The van der Waals surface area contributed by atoms with Crippen LogP contribution in [-0.2, 0) is 10.8 Å². The maximum atomic E-state index is 2.45. The molecule has 0 bridgehead atoms. The molecule has 216 valence electrons. The van der Waals surface area contributed by atoms with Crippen LogP contribution in [0.1, 0.15) is 119 Å². The summed E-state index contributed by atoms with van der Waals surface area (Å²) in [6.07, 6.45) is 1.02. The highest BCUT2D eigenvalue weighted by molar-refractivity contribution is 5.65. The lowest BCUT2D eigenvalue weighted by Gasteiger charge is -2.36. The van der Waals surface area contributed by atoms with Crippen LogP contribution in [0.4, 0.5) is 0 Å². The lowest BCUT2D eigenvalue weighted by molar-refractivity contribution is 0.472. The maximum absolute atomic E-state index is 2.45. The Labute approximate surface area is 247 Å². The van der Waals surface area contributed by atoms with Gasteiger partial charge < -0.3 is 0 Å². The van der Waals surface area contributed by atoms with E-state index in [2.05, 4.69) is 126 Å². The Bertz CT molecular complexity index is 1260. The average molecular weight is 537 g/mol. The van der Waals surface area contributed by atoms with Crippen LogP contribution in [0.2, 0.25) is 0 Å². The van der Waals surface area contributed by atoms with E-state index in [9.17, 15) is 0 Å². The van der Waals surface area contributed by atoms with E-state index < -0.39 is 0 Å². The van der Waals surface area contributed by atoms with E-state index in [0.29, 0.717) is 0 Å². The molecule has 0 N–H and O–H groups in total. The second-order valence-corrected chi connectivity index (χ2v) is 10.0. The minimum absolute atomic E-state index is 0.0686. The fraction of sp³-hybridized carbons (Fsp3) is 0.400. The first-order valence-corrected chi connectivity index (χ1v) is 15.7. The van der Waals surface area contributed by atoms with Crippen LogP contribution in [0.15, 0.2) is 91.0 Å². The summed E-state index contributed by atoms with van der Waals surface area (Å²) in [6.45, 7) is 27.4. The number of aryl methyl sites for hydroxylation is 4. The van der Waals surface area contributed by atoms with Crippen molar-refractivity contribution in [3.05, 3.63) is 141 Å². The van der Waals surface area contributed by atoms with Gasteiger partial charge in [-0.25, -0.2) is 0 Å². The van der Waals surface area contributed by atoms with Gasteiger partial charge in [0.2, 0.25) is 0 Å². The summed E-state index contributed by atoms with van der Waals surface area (Å²) in [5.74, 6) is 0. The third-order valence-electron chi connectivity index (χ3n) is 7.51. The molecule has 0 amide bonds. The van der Waals surface area contributed by atoms with Crippen molar-refractivity contribution >= 4 is 0 Å². The SMILES string of the molecule is CC.CC.CC.CC.Cc1cc(C)cc(C2(c3ccccc3)CC(C)(c3ccccc3)c3cc(C)cc(C)c32)c1. The zero-order valence-electron chi connectivity index (χ0n) is 27.9. The summed E-state index contributed by atoms with van der Waals surface area (Å²) in [5.41, 5.74) is 12.3. The van der Waals surface area contributed by atoms with Gasteiger partial charge in [-0.15, -0.1) is 0 Å². The van der Waals surface area contributed by atoms with Gasteiger partial charge in [0.05, 0.1) is 0 Å². The van der Waals surface area contributed by atoms with Gasteiger partial charge in [-0.05, 0) is 67.5 Å². The predicted molar refractivity (Wildman–Crippen MR) is 181 cm³/mol.